The first-order valence-electron chi connectivity index (χ1n) is 6.38. The first-order chi connectivity index (χ1) is 8.94. The Labute approximate surface area is 116 Å². The van der Waals surface area contributed by atoms with Gasteiger partial charge in [0.2, 0.25) is 5.95 Å². The topological polar surface area (TPSA) is 64.3 Å². The number of aromatic nitrogens is 2. The van der Waals surface area contributed by atoms with E-state index in [1.165, 1.54) is 0 Å². The summed E-state index contributed by atoms with van der Waals surface area (Å²) in [7, 11) is 0. The van der Waals surface area contributed by atoms with Crippen LogP contribution in [-0.2, 0) is 4.74 Å². The fourth-order valence-electron chi connectivity index (χ4n) is 2.71. The van der Waals surface area contributed by atoms with E-state index in [1.807, 2.05) is 5.38 Å². The SMILES string of the molecule is CC1CN(c2nc(N)nc3sccc23)CC(C)(C)O1. The molecule has 0 bridgehead atoms. The van der Waals surface area contributed by atoms with Gasteiger partial charge in [-0.3, -0.25) is 0 Å². The molecule has 1 fully saturated rings. The summed E-state index contributed by atoms with van der Waals surface area (Å²) in [6, 6.07) is 2.06. The fraction of sp³-hybridized carbons (Fsp3) is 0.538. The molecule has 0 amide bonds. The molecule has 2 aromatic heterocycles. The van der Waals surface area contributed by atoms with E-state index in [0.717, 1.165) is 29.1 Å². The number of fused-ring (bicyclic) bond motifs is 1. The molecule has 0 saturated carbocycles. The average molecular weight is 278 g/mol. The van der Waals surface area contributed by atoms with Crippen LogP contribution in [-0.4, -0.2) is 34.8 Å². The Morgan fingerprint density at radius 3 is 3.00 bits per heavy atom. The monoisotopic (exact) mass is 278 g/mol. The Balaban J connectivity index is 2.06. The summed E-state index contributed by atoms with van der Waals surface area (Å²) in [6.45, 7) is 7.92. The molecular formula is C13H18N4OS. The van der Waals surface area contributed by atoms with E-state index in [9.17, 15) is 0 Å². The van der Waals surface area contributed by atoms with Crippen LogP contribution >= 0.6 is 11.3 Å². The molecule has 2 aromatic rings. The van der Waals surface area contributed by atoms with E-state index in [1.54, 1.807) is 11.3 Å². The van der Waals surface area contributed by atoms with Gasteiger partial charge in [-0.15, -0.1) is 11.3 Å². The second-order valence-corrected chi connectivity index (χ2v) is 6.51. The molecule has 0 aliphatic carbocycles. The van der Waals surface area contributed by atoms with Gasteiger partial charge >= 0.3 is 0 Å². The number of hydrogen-bond acceptors (Lipinski definition) is 6. The molecule has 0 radical (unpaired) electrons. The molecule has 2 N–H and O–H groups in total. The largest absolute Gasteiger partial charge is 0.369 e. The lowest BCUT2D eigenvalue weighted by Crippen LogP contribution is -2.52. The third-order valence-electron chi connectivity index (χ3n) is 3.19. The lowest BCUT2D eigenvalue weighted by molar-refractivity contribution is -0.0750. The lowest BCUT2D eigenvalue weighted by Gasteiger charge is -2.42. The minimum Gasteiger partial charge on any atom is -0.369 e. The maximum Gasteiger partial charge on any atom is 0.223 e. The molecule has 6 heteroatoms. The number of hydrogen-bond donors (Lipinski definition) is 1. The number of anilines is 2. The Morgan fingerprint density at radius 1 is 1.47 bits per heavy atom. The van der Waals surface area contributed by atoms with Gasteiger partial charge in [-0.25, -0.2) is 4.98 Å². The van der Waals surface area contributed by atoms with Crippen molar-refractivity contribution in [2.45, 2.75) is 32.5 Å². The van der Waals surface area contributed by atoms with Crippen molar-refractivity contribution in [1.82, 2.24) is 9.97 Å². The molecule has 3 heterocycles. The second kappa shape index (κ2) is 4.31. The zero-order valence-corrected chi connectivity index (χ0v) is 12.2. The number of nitrogens with zero attached hydrogens (tertiary/aromatic N) is 3. The number of thiophene rings is 1. The van der Waals surface area contributed by atoms with E-state index in [-0.39, 0.29) is 11.7 Å². The summed E-state index contributed by atoms with van der Waals surface area (Å²) in [5, 5.41) is 3.10. The third-order valence-corrected chi connectivity index (χ3v) is 4.00. The molecule has 102 valence electrons. The Hall–Kier alpha value is -1.40. The second-order valence-electron chi connectivity index (χ2n) is 5.61. The quantitative estimate of drug-likeness (QED) is 0.867. The van der Waals surface area contributed by atoms with Gasteiger partial charge in [-0.1, -0.05) is 0 Å². The van der Waals surface area contributed by atoms with Crippen molar-refractivity contribution in [2.75, 3.05) is 23.7 Å². The summed E-state index contributed by atoms with van der Waals surface area (Å²) in [4.78, 5) is 11.9. The number of nitrogen functional groups attached to an aromatic ring is 1. The van der Waals surface area contributed by atoms with Crippen molar-refractivity contribution in [2.24, 2.45) is 0 Å². The first kappa shape index (κ1) is 12.6. The summed E-state index contributed by atoms with van der Waals surface area (Å²) in [5.74, 6) is 1.26. The summed E-state index contributed by atoms with van der Waals surface area (Å²) < 4.78 is 5.94. The number of ether oxygens (including phenoxy) is 1. The van der Waals surface area contributed by atoms with Gasteiger partial charge < -0.3 is 15.4 Å². The first-order valence-corrected chi connectivity index (χ1v) is 7.26. The van der Waals surface area contributed by atoms with Crippen molar-refractivity contribution in [1.29, 1.82) is 0 Å². The lowest BCUT2D eigenvalue weighted by atomic mass is 10.1. The molecule has 1 aliphatic heterocycles. The van der Waals surface area contributed by atoms with Crippen LogP contribution in [0.5, 0.6) is 0 Å². The molecule has 5 nitrogen and oxygen atoms in total. The Morgan fingerprint density at radius 2 is 2.26 bits per heavy atom. The number of nitrogens with two attached hydrogens (primary N) is 1. The predicted molar refractivity (Wildman–Crippen MR) is 78.7 cm³/mol. The van der Waals surface area contributed by atoms with Crippen LogP contribution in [0, 0.1) is 0 Å². The predicted octanol–water partition coefficient (Wildman–Crippen LogP) is 2.28. The van der Waals surface area contributed by atoms with Crippen molar-refractivity contribution in [3.63, 3.8) is 0 Å². The highest BCUT2D eigenvalue weighted by atomic mass is 32.1. The van der Waals surface area contributed by atoms with E-state index in [0.29, 0.717) is 5.95 Å². The average Bonchev–Trinajstić information content (AvgIpc) is 2.72. The summed E-state index contributed by atoms with van der Waals surface area (Å²) in [5.41, 5.74) is 5.64. The van der Waals surface area contributed by atoms with Crippen molar-refractivity contribution >= 4 is 33.3 Å². The molecule has 19 heavy (non-hydrogen) atoms. The maximum absolute atomic E-state index is 5.94. The standard InChI is InChI=1S/C13H18N4OS/c1-8-6-17(7-13(2,3)18-8)10-9-4-5-19-11(9)16-12(14)15-10/h4-5,8H,6-7H2,1-3H3,(H2,14,15,16). The highest BCUT2D eigenvalue weighted by molar-refractivity contribution is 7.16. The van der Waals surface area contributed by atoms with Crippen LogP contribution in [0.4, 0.5) is 11.8 Å². The van der Waals surface area contributed by atoms with Crippen LogP contribution in [0.25, 0.3) is 10.2 Å². The molecule has 1 atom stereocenters. The van der Waals surface area contributed by atoms with Crippen molar-refractivity contribution in [3.8, 4) is 0 Å². The van der Waals surface area contributed by atoms with Gasteiger partial charge in [0.1, 0.15) is 10.6 Å². The van der Waals surface area contributed by atoms with Gasteiger partial charge in [-0.2, -0.15) is 4.98 Å². The van der Waals surface area contributed by atoms with Gasteiger partial charge in [0.05, 0.1) is 17.1 Å². The van der Waals surface area contributed by atoms with E-state index >= 15 is 0 Å². The molecule has 1 unspecified atom stereocenters. The molecule has 3 rings (SSSR count). The Kier molecular flexibility index (Phi) is 2.87. The molecule has 1 aliphatic rings. The summed E-state index contributed by atoms with van der Waals surface area (Å²) >= 11 is 1.59. The van der Waals surface area contributed by atoms with Gasteiger partial charge in [0, 0.05) is 13.1 Å². The van der Waals surface area contributed by atoms with E-state index in [2.05, 4.69) is 41.7 Å². The Bertz CT molecular complexity index is 610. The fourth-order valence-corrected chi connectivity index (χ4v) is 3.48. The highest BCUT2D eigenvalue weighted by Crippen LogP contribution is 2.32. The van der Waals surface area contributed by atoms with Gasteiger partial charge in [-0.05, 0) is 32.2 Å². The molecular weight excluding hydrogens is 260 g/mol. The zero-order chi connectivity index (χ0) is 13.6. The van der Waals surface area contributed by atoms with Gasteiger partial charge in [0.25, 0.3) is 0 Å². The van der Waals surface area contributed by atoms with Crippen molar-refractivity contribution in [3.05, 3.63) is 11.4 Å². The van der Waals surface area contributed by atoms with Crippen LogP contribution in [0.1, 0.15) is 20.8 Å². The van der Waals surface area contributed by atoms with Crippen LogP contribution in [0.3, 0.4) is 0 Å². The minimum absolute atomic E-state index is 0.175. The molecule has 0 aromatic carbocycles. The third kappa shape index (κ3) is 2.37. The van der Waals surface area contributed by atoms with E-state index < -0.39 is 0 Å². The smallest absolute Gasteiger partial charge is 0.223 e. The minimum atomic E-state index is -0.181. The van der Waals surface area contributed by atoms with Gasteiger partial charge in [0.15, 0.2) is 0 Å². The highest BCUT2D eigenvalue weighted by Gasteiger charge is 2.32. The summed E-state index contributed by atoms with van der Waals surface area (Å²) in [6.07, 6.45) is 0.175. The van der Waals surface area contributed by atoms with Crippen molar-refractivity contribution < 1.29 is 4.74 Å². The zero-order valence-electron chi connectivity index (χ0n) is 11.4. The maximum atomic E-state index is 5.94. The van der Waals surface area contributed by atoms with E-state index in [4.69, 9.17) is 10.5 Å². The molecule has 0 spiro atoms. The number of morpholine rings is 1. The normalized spacial score (nSPS) is 22.9. The van der Waals surface area contributed by atoms with Crippen LogP contribution in [0.15, 0.2) is 11.4 Å². The molecule has 1 saturated heterocycles. The number of rotatable bonds is 1. The van der Waals surface area contributed by atoms with Crippen LogP contribution in [0.2, 0.25) is 0 Å². The van der Waals surface area contributed by atoms with Crippen LogP contribution < -0.4 is 10.6 Å².